The molecule has 0 aliphatic carbocycles. The number of rotatable bonds is 1. The SMILES string of the molecule is Clc1ccc(Br)c([C@H]2CCCN2)c1. The second kappa shape index (κ2) is 3.99. The van der Waals surface area contributed by atoms with Gasteiger partial charge in [-0.15, -0.1) is 0 Å². The van der Waals surface area contributed by atoms with Crippen LogP contribution in [0.15, 0.2) is 22.7 Å². The first-order valence-electron chi connectivity index (χ1n) is 4.46. The monoisotopic (exact) mass is 259 g/mol. The molecular weight excluding hydrogens is 249 g/mol. The lowest BCUT2D eigenvalue weighted by atomic mass is 10.1. The first-order chi connectivity index (χ1) is 6.27. The molecule has 1 aliphatic heterocycles. The van der Waals surface area contributed by atoms with E-state index in [1.54, 1.807) is 0 Å². The predicted octanol–water partition coefficient (Wildman–Crippen LogP) is 3.53. The lowest BCUT2D eigenvalue weighted by Gasteiger charge is -2.12. The molecule has 1 saturated heterocycles. The van der Waals surface area contributed by atoms with Crippen LogP contribution in [-0.4, -0.2) is 6.54 Å². The third-order valence-corrected chi connectivity index (χ3v) is 3.35. The maximum absolute atomic E-state index is 5.95. The highest BCUT2D eigenvalue weighted by Crippen LogP contribution is 2.31. The van der Waals surface area contributed by atoms with Gasteiger partial charge >= 0.3 is 0 Å². The van der Waals surface area contributed by atoms with Crippen LogP contribution in [0.5, 0.6) is 0 Å². The van der Waals surface area contributed by atoms with Crippen molar-refractivity contribution in [1.82, 2.24) is 5.32 Å². The van der Waals surface area contributed by atoms with Crippen molar-refractivity contribution in [1.29, 1.82) is 0 Å². The Hall–Kier alpha value is -0.0500. The van der Waals surface area contributed by atoms with Crippen molar-refractivity contribution >= 4 is 27.5 Å². The molecule has 0 aromatic heterocycles. The third-order valence-electron chi connectivity index (χ3n) is 2.39. The van der Waals surface area contributed by atoms with Crippen molar-refractivity contribution in [3.63, 3.8) is 0 Å². The van der Waals surface area contributed by atoms with E-state index in [1.807, 2.05) is 18.2 Å². The van der Waals surface area contributed by atoms with Crippen LogP contribution in [0.25, 0.3) is 0 Å². The van der Waals surface area contributed by atoms with E-state index < -0.39 is 0 Å². The smallest absolute Gasteiger partial charge is 0.0410 e. The number of hydrogen-bond donors (Lipinski definition) is 1. The topological polar surface area (TPSA) is 12.0 Å². The molecule has 1 aliphatic rings. The van der Waals surface area contributed by atoms with E-state index >= 15 is 0 Å². The van der Waals surface area contributed by atoms with Crippen LogP contribution < -0.4 is 5.32 Å². The summed E-state index contributed by atoms with van der Waals surface area (Å²) in [5.41, 5.74) is 1.28. The minimum Gasteiger partial charge on any atom is -0.310 e. The Bertz CT molecular complexity index is 308. The average molecular weight is 261 g/mol. The summed E-state index contributed by atoms with van der Waals surface area (Å²) in [6.07, 6.45) is 2.46. The quantitative estimate of drug-likeness (QED) is 0.814. The molecule has 3 heteroatoms. The average Bonchev–Trinajstić information content (AvgIpc) is 2.61. The Morgan fingerprint density at radius 2 is 2.31 bits per heavy atom. The molecule has 70 valence electrons. The van der Waals surface area contributed by atoms with Gasteiger partial charge in [-0.1, -0.05) is 27.5 Å². The van der Waals surface area contributed by atoms with Gasteiger partial charge < -0.3 is 5.32 Å². The van der Waals surface area contributed by atoms with E-state index in [0.717, 1.165) is 16.0 Å². The van der Waals surface area contributed by atoms with Gasteiger partial charge in [0.05, 0.1) is 0 Å². The molecule has 1 aromatic rings. The van der Waals surface area contributed by atoms with Gasteiger partial charge in [0.15, 0.2) is 0 Å². The second-order valence-corrected chi connectivity index (χ2v) is 4.61. The van der Waals surface area contributed by atoms with Gasteiger partial charge in [-0.05, 0) is 43.1 Å². The maximum Gasteiger partial charge on any atom is 0.0410 e. The molecule has 1 fully saturated rings. The Labute approximate surface area is 91.6 Å². The van der Waals surface area contributed by atoms with Crippen molar-refractivity contribution < 1.29 is 0 Å². The van der Waals surface area contributed by atoms with Gasteiger partial charge in [-0.25, -0.2) is 0 Å². The molecule has 1 aromatic carbocycles. The molecule has 0 spiro atoms. The molecule has 1 heterocycles. The van der Waals surface area contributed by atoms with E-state index in [9.17, 15) is 0 Å². The fourth-order valence-electron chi connectivity index (χ4n) is 1.73. The van der Waals surface area contributed by atoms with Crippen LogP contribution in [0.3, 0.4) is 0 Å². The molecule has 0 amide bonds. The lowest BCUT2D eigenvalue weighted by Crippen LogP contribution is -2.13. The van der Waals surface area contributed by atoms with E-state index in [-0.39, 0.29) is 0 Å². The van der Waals surface area contributed by atoms with Crippen LogP contribution in [0.4, 0.5) is 0 Å². The van der Waals surface area contributed by atoms with Crippen molar-refractivity contribution in [2.75, 3.05) is 6.54 Å². The first kappa shape index (κ1) is 9.50. The van der Waals surface area contributed by atoms with E-state index in [1.165, 1.54) is 18.4 Å². The Morgan fingerprint density at radius 3 is 3.00 bits per heavy atom. The molecule has 0 saturated carbocycles. The lowest BCUT2D eigenvalue weighted by molar-refractivity contribution is 0.645. The minimum absolute atomic E-state index is 0.480. The summed E-state index contributed by atoms with van der Waals surface area (Å²) in [7, 11) is 0. The van der Waals surface area contributed by atoms with E-state index in [0.29, 0.717) is 6.04 Å². The van der Waals surface area contributed by atoms with Crippen molar-refractivity contribution in [3.05, 3.63) is 33.3 Å². The summed E-state index contributed by atoms with van der Waals surface area (Å²) < 4.78 is 1.15. The summed E-state index contributed by atoms with van der Waals surface area (Å²) in [4.78, 5) is 0. The molecule has 13 heavy (non-hydrogen) atoms. The highest BCUT2D eigenvalue weighted by molar-refractivity contribution is 9.10. The highest BCUT2D eigenvalue weighted by atomic mass is 79.9. The molecular formula is C10H11BrClN. The number of hydrogen-bond acceptors (Lipinski definition) is 1. The molecule has 1 atom stereocenters. The zero-order chi connectivity index (χ0) is 9.26. The molecule has 0 unspecified atom stereocenters. The van der Waals surface area contributed by atoms with Crippen molar-refractivity contribution in [3.8, 4) is 0 Å². The zero-order valence-corrected chi connectivity index (χ0v) is 9.53. The number of nitrogens with one attached hydrogen (secondary N) is 1. The van der Waals surface area contributed by atoms with Crippen LogP contribution in [0, 0.1) is 0 Å². The first-order valence-corrected chi connectivity index (χ1v) is 5.63. The Balaban J connectivity index is 2.32. The third kappa shape index (κ3) is 2.06. The Morgan fingerprint density at radius 1 is 1.46 bits per heavy atom. The van der Waals surface area contributed by atoms with E-state index in [4.69, 9.17) is 11.6 Å². The van der Waals surface area contributed by atoms with Gasteiger partial charge in [0.1, 0.15) is 0 Å². The van der Waals surface area contributed by atoms with Gasteiger partial charge in [0.2, 0.25) is 0 Å². The minimum atomic E-state index is 0.480. The molecule has 0 radical (unpaired) electrons. The van der Waals surface area contributed by atoms with E-state index in [2.05, 4.69) is 21.2 Å². The summed E-state index contributed by atoms with van der Waals surface area (Å²) in [6, 6.07) is 6.43. The molecule has 1 nitrogen and oxygen atoms in total. The van der Waals surface area contributed by atoms with Crippen LogP contribution in [0.2, 0.25) is 5.02 Å². The van der Waals surface area contributed by atoms with Crippen LogP contribution in [-0.2, 0) is 0 Å². The maximum atomic E-state index is 5.95. The fraction of sp³-hybridized carbons (Fsp3) is 0.400. The predicted molar refractivity (Wildman–Crippen MR) is 59.1 cm³/mol. The standard InChI is InChI=1S/C10H11BrClN/c11-9-4-3-7(12)6-8(9)10-2-1-5-13-10/h3-4,6,10,13H,1-2,5H2/t10-/m1/s1. The normalized spacial score (nSPS) is 22.2. The summed E-state index contributed by atoms with van der Waals surface area (Å²) in [6.45, 7) is 1.11. The Kier molecular flexibility index (Phi) is 2.92. The second-order valence-electron chi connectivity index (χ2n) is 3.31. The van der Waals surface area contributed by atoms with Crippen LogP contribution >= 0.6 is 27.5 Å². The van der Waals surface area contributed by atoms with Gasteiger partial charge in [-0.2, -0.15) is 0 Å². The number of halogens is 2. The molecule has 0 bridgehead atoms. The highest BCUT2D eigenvalue weighted by Gasteiger charge is 2.18. The van der Waals surface area contributed by atoms with Gasteiger partial charge in [0.25, 0.3) is 0 Å². The largest absolute Gasteiger partial charge is 0.310 e. The zero-order valence-electron chi connectivity index (χ0n) is 7.19. The van der Waals surface area contributed by atoms with Gasteiger partial charge in [-0.3, -0.25) is 0 Å². The molecule has 2 rings (SSSR count). The summed E-state index contributed by atoms with van der Waals surface area (Å²) >= 11 is 9.49. The van der Waals surface area contributed by atoms with Crippen molar-refractivity contribution in [2.24, 2.45) is 0 Å². The molecule has 1 N–H and O–H groups in total. The van der Waals surface area contributed by atoms with Crippen LogP contribution in [0.1, 0.15) is 24.4 Å². The summed E-state index contributed by atoms with van der Waals surface area (Å²) in [5, 5.41) is 4.26. The number of benzene rings is 1. The van der Waals surface area contributed by atoms with Crippen molar-refractivity contribution in [2.45, 2.75) is 18.9 Å². The fourth-order valence-corrected chi connectivity index (χ4v) is 2.44. The van der Waals surface area contributed by atoms with Gasteiger partial charge in [0, 0.05) is 15.5 Å². The summed E-state index contributed by atoms with van der Waals surface area (Å²) in [5.74, 6) is 0.